The summed E-state index contributed by atoms with van der Waals surface area (Å²) in [5.41, 5.74) is 1.49. The van der Waals surface area contributed by atoms with E-state index in [1.807, 2.05) is 13.8 Å². The molecule has 0 bridgehead atoms. The number of aryl methyl sites for hydroxylation is 1. The Labute approximate surface area is 119 Å². The van der Waals surface area contributed by atoms with Crippen LogP contribution in [0.25, 0.3) is 0 Å². The van der Waals surface area contributed by atoms with Crippen molar-refractivity contribution in [3.05, 3.63) is 16.8 Å². The third-order valence-corrected chi connectivity index (χ3v) is 2.98. The third-order valence-electron chi connectivity index (χ3n) is 2.98. The van der Waals surface area contributed by atoms with Gasteiger partial charge in [-0.2, -0.15) is 5.10 Å². The van der Waals surface area contributed by atoms with Gasteiger partial charge in [-0.1, -0.05) is 0 Å². The Morgan fingerprint density at radius 2 is 2.00 bits per heavy atom. The Bertz CT molecular complexity index is 461. The molecule has 20 heavy (non-hydrogen) atoms. The summed E-state index contributed by atoms with van der Waals surface area (Å²) in [6.07, 6.45) is 2.05. The topological polar surface area (TPSA) is 84.3 Å². The number of aromatic nitrogens is 2. The van der Waals surface area contributed by atoms with Crippen LogP contribution in [-0.4, -0.2) is 40.5 Å². The highest BCUT2D eigenvalue weighted by atomic mass is 16.5. The average Bonchev–Trinajstić information content (AvgIpc) is 2.36. The highest BCUT2D eigenvalue weighted by Crippen LogP contribution is 2.18. The van der Waals surface area contributed by atoms with Crippen molar-refractivity contribution < 1.29 is 14.6 Å². The molecule has 0 saturated carbocycles. The fourth-order valence-electron chi connectivity index (χ4n) is 1.75. The molecule has 0 aliphatic heterocycles. The first kappa shape index (κ1) is 16.4. The molecule has 0 aromatic carbocycles. The maximum absolute atomic E-state index is 11.3. The molecular weight excluding hydrogens is 258 g/mol. The first-order valence-electron chi connectivity index (χ1n) is 6.86. The van der Waals surface area contributed by atoms with Crippen LogP contribution in [0, 0.1) is 13.8 Å². The minimum absolute atomic E-state index is 0.205. The van der Waals surface area contributed by atoms with Gasteiger partial charge in [0.1, 0.15) is 5.56 Å². The van der Waals surface area contributed by atoms with E-state index in [1.54, 1.807) is 13.8 Å². The summed E-state index contributed by atoms with van der Waals surface area (Å²) in [5.74, 6) is -0.642. The summed E-state index contributed by atoms with van der Waals surface area (Å²) in [5, 5.41) is 20.2. The molecule has 1 aromatic heterocycles. The zero-order chi connectivity index (χ0) is 15.1. The predicted molar refractivity (Wildman–Crippen MR) is 77.3 cm³/mol. The summed E-state index contributed by atoms with van der Waals surface area (Å²) in [7, 11) is 0. The molecule has 0 atom stereocenters. The number of carboxylic acids is 1. The Morgan fingerprint density at radius 1 is 1.30 bits per heavy atom. The number of rotatable bonds is 8. The maximum Gasteiger partial charge on any atom is 0.339 e. The third kappa shape index (κ3) is 4.77. The van der Waals surface area contributed by atoms with Gasteiger partial charge in [0.2, 0.25) is 0 Å². The Hall–Kier alpha value is -1.69. The highest BCUT2D eigenvalue weighted by Gasteiger charge is 2.17. The van der Waals surface area contributed by atoms with Gasteiger partial charge >= 0.3 is 5.97 Å². The van der Waals surface area contributed by atoms with Crippen LogP contribution in [0.1, 0.15) is 48.3 Å². The van der Waals surface area contributed by atoms with Crippen molar-refractivity contribution in [2.45, 2.75) is 46.6 Å². The van der Waals surface area contributed by atoms with Crippen molar-refractivity contribution in [1.29, 1.82) is 0 Å². The van der Waals surface area contributed by atoms with Gasteiger partial charge in [0.15, 0.2) is 5.82 Å². The molecule has 0 amide bonds. The van der Waals surface area contributed by atoms with Crippen LogP contribution in [-0.2, 0) is 4.74 Å². The Kier molecular flexibility index (Phi) is 6.38. The maximum atomic E-state index is 11.3. The lowest BCUT2D eigenvalue weighted by atomic mass is 10.1. The van der Waals surface area contributed by atoms with Gasteiger partial charge in [-0.25, -0.2) is 4.79 Å². The number of hydrogen-bond acceptors (Lipinski definition) is 5. The minimum atomic E-state index is -0.980. The molecule has 1 aromatic rings. The van der Waals surface area contributed by atoms with Gasteiger partial charge in [-0.3, -0.25) is 0 Å². The second-order valence-electron chi connectivity index (χ2n) is 4.99. The molecular formula is C14H23N3O3. The van der Waals surface area contributed by atoms with E-state index < -0.39 is 5.97 Å². The number of ether oxygens (including phenoxy) is 1. The van der Waals surface area contributed by atoms with Crippen molar-refractivity contribution in [1.82, 2.24) is 10.2 Å². The lowest BCUT2D eigenvalue weighted by Crippen LogP contribution is -2.14. The van der Waals surface area contributed by atoms with Crippen molar-refractivity contribution in [2.75, 3.05) is 18.5 Å². The van der Waals surface area contributed by atoms with E-state index in [0.717, 1.165) is 12.8 Å². The number of carbonyl (C=O) groups is 1. The standard InChI is InChI=1S/C14H23N3O3/c1-9(2)20-8-6-5-7-15-13-12(14(18)19)10(3)11(4)16-17-13/h9H,5-8H2,1-4H3,(H,15,17)(H,18,19). The van der Waals surface area contributed by atoms with Crippen LogP contribution in [0.4, 0.5) is 5.82 Å². The summed E-state index contributed by atoms with van der Waals surface area (Å²) in [4.78, 5) is 11.3. The van der Waals surface area contributed by atoms with E-state index in [2.05, 4.69) is 15.5 Å². The van der Waals surface area contributed by atoms with Crippen LogP contribution in [0.5, 0.6) is 0 Å². The molecule has 0 spiro atoms. The molecule has 0 aliphatic rings. The zero-order valence-corrected chi connectivity index (χ0v) is 12.6. The largest absolute Gasteiger partial charge is 0.478 e. The molecule has 0 saturated heterocycles. The number of nitrogens with one attached hydrogen (secondary N) is 1. The second kappa shape index (κ2) is 7.79. The molecule has 0 radical (unpaired) electrons. The number of unbranched alkanes of at least 4 members (excludes halogenated alkanes) is 1. The Morgan fingerprint density at radius 3 is 2.60 bits per heavy atom. The molecule has 6 heteroatoms. The first-order valence-corrected chi connectivity index (χ1v) is 6.86. The number of aromatic carboxylic acids is 1. The Balaban J connectivity index is 2.52. The van der Waals surface area contributed by atoms with Gasteiger partial charge in [0.05, 0.1) is 11.8 Å². The molecule has 2 N–H and O–H groups in total. The summed E-state index contributed by atoms with van der Waals surface area (Å²) < 4.78 is 5.44. The molecule has 0 aliphatic carbocycles. The quantitative estimate of drug-likeness (QED) is 0.712. The smallest absolute Gasteiger partial charge is 0.339 e. The molecule has 112 valence electrons. The fourth-order valence-corrected chi connectivity index (χ4v) is 1.75. The monoisotopic (exact) mass is 281 g/mol. The lowest BCUT2D eigenvalue weighted by Gasteiger charge is -2.11. The molecule has 1 heterocycles. The van der Waals surface area contributed by atoms with Gasteiger partial charge in [-0.05, 0) is 46.1 Å². The number of nitrogens with zero attached hydrogens (tertiary/aromatic N) is 2. The van der Waals surface area contributed by atoms with Crippen LogP contribution < -0.4 is 5.32 Å². The normalized spacial score (nSPS) is 10.8. The van der Waals surface area contributed by atoms with Gasteiger partial charge in [-0.15, -0.1) is 5.10 Å². The molecule has 1 rings (SSSR count). The van der Waals surface area contributed by atoms with E-state index in [1.165, 1.54) is 0 Å². The molecule has 0 fully saturated rings. The van der Waals surface area contributed by atoms with Crippen LogP contribution in [0.2, 0.25) is 0 Å². The number of carboxylic acid groups (broad SMARTS) is 1. The van der Waals surface area contributed by atoms with E-state index in [4.69, 9.17) is 4.74 Å². The van der Waals surface area contributed by atoms with Crippen LogP contribution in [0.15, 0.2) is 0 Å². The summed E-state index contributed by atoms with van der Waals surface area (Å²) >= 11 is 0. The van der Waals surface area contributed by atoms with Crippen molar-refractivity contribution >= 4 is 11.8 Å². The van der Waals surface area contributed by atoms with E-state index in [9.17, 15) is 9.90 Å². The van der Waals surface area contributed by atoms with Crippen LogP contribution in [0.3, 0.4) is 0 Å². The van der Waals surface area contributed by atoms with Crippen LogP contribution >= 0.6 is 0 Å². The van der Waals surface area contributed by atoms with Gasteiger partial charge in [0, 0.05) is 13.2 Å². The molecule has 0 unspecified atom stereocenters. The van der Waals surface area contributed by atoms with Gasteiger partial charge in [0.25, 0.3) is 0 Å². The van der Waals surface area contributed by atoms with Crippen molar-refractivity contribution in [3.8, 4) is 0 Å². The van der Waals surface area contributed by atoms with Gasteiger partial charge < -0.3 is 15.2 Å². The summed E-state index contributed by atoms with van der Waals surface area (Å²) in [6, 6.07) is 0. The fraction of sp³-hybridized carbons (Fsp3) is 0.643. The number of hydrogen-bond donors (Lipinski definition) is 2. The SMILES string of the molecule is Cc1nnc(NCCCCOC(C)C)c(C(=O)O)c1C. The summed E-state index contributed by atoms with van der Waals surface area (Å²) in [6.45, 7) is 8.86. The minimum Gasteiger partial charge on any atom is -0.478 e. The lowest BCUT2D eigenvalue weighted by molar-refractivity contribution is 0.0695. The molecule has 6 nitrogen and oxygen atoms in total. The van der Waals surface area contributed by atoms with Crippen molar-refractivity contribution in [3.63, 3.8) is 0 Å². The first-order chi connectivity index (χ1) is 9.43. The average molecular weight is 281 g/mol. The van der Waals surface area contributed by atoms with E-state index in [-0.39, 0.29) is 11.7 Å². The number of anilines is 1. The predicted octanol–water partition coefficient (Wildman–Crippen LogP) is 2.41. The van der Waals surface area contributed by atoms with E-state index >= 15 is 0 Å². The zero-order valence-electron chi connectivity index (χ0n) is 12.6. The van der Waals surface area contributed by atoms with E-state index in [0.29, 0.717) is 30.2 Å². The highest BCUT2D eigenvalue weighted by molar-refractivity contribution is 5.94. The van der Waals surface area contributed by atoms with Crippen molar-refractivity contribution in [2.24, 2.45) is 0 Å². The second-order valence-corrected chi connectivity index (χ2v) is 4.99.